The highest BCUT2D eigenvalue weighted by molar-refractivity contribution is 7.97. The third-order valence-corrected chi connectivity index (χ3v) is 7.82. The molecule has 0 radical (unpaired) electrons. The zero-order chi connectivity index (χ0) is 26.2. The molecule has 1 unspecified atom stereocenters. The first-order valence-electron chi connectivity index (χ1n) is 11.8. The molecule has 196 valence electrons. The number of nitrogens with one attached hydrogen (secondary N) is 3. The van der Waals surface area contributed by atoms with E-state index in [-0.39, 0.29) is 5.92 Å². The van der Waals surface area contributed by atoms with Crippen LogP contribution >= 0.6 is 0 Å². The fourth-order valence-electron chi connectivity index (χ4n) is 4.94. The van der Waals surface area contributed by atoms with Crippen LogP contribution in [0.5, 0.6) is 0 Å². The van der Waals surface area contributed by atoms with Crippen molar-refractivity contribution in [2.45, 2.75) is 18.1 Å². The largest absolute Gasteiger partial charge is 0.383 e. The van der Waals surface area contributed by atoms with E-state index < -0.39 is 39.7 Å². The molecule has 2 fully saturated rings. The van der Waals surface area contributed by atoms with Crippen LogP contribution in [0.1, 0.15) is 11.5 Å². The van der Waals surface area contributed by atoms with Crippen molar-refractivity contribution >= 4 is 21.6 Å². The Kier molecular flexibility index (Phi) is 6.88. The molecule has 3 N–H and O–H groups in total. The number of hydrogen-bond acceptors (Lipinski definition) is 7. The minimum Gasteiger partial charge on any atom is -0.383 e. The van der Waals surface area contributed by atoms with Gasteiger partial charge in [-0.25, -0.2) is 22.0 Å². The monoisotopic (exact) mass is 531 g/mol. The quantitative estimate of drug-likeness (QED) is 0.503. The van der Waals surface area contributed by atoms with Crippen LogP contribution in [-0.2, 0) is 14.6 Å². The van der Waals surface area contributed by atoms with E-state index in [4.69, 9.17) is 4.74 Å². The van der Waals surface area contributed by atoms with Crippen LogP contribution in [0.2, 0.25) is 0 Å². The van der Waals surface area contributed by atoms with Crippen LogP contribution in [0.15, 0.2) is 70.6 Å². The van der Waals surface area contributed by atoms with Crippen LogP contribution in [0.3, 0.4) is 0 Å². The van der Waals surface area contributed by atoms with Crippen molar-refractivity contribution in [3.05, 3.63) is 87.8 Å². The summed E-state index contributed by atoms with van der Waals surface area (Å²) in [4.78, 5) is 15.3. The molecule has 2 aromatic carbocycles. The molecule has 12 heteroatoms. The molecule has 0 bridgehead atoms. The molecule has 2 aromatic rings. The summed E-state index contributed by atoms with van der Waals surface area (Å²) in [7, 11) is -1.94. The molecule has 0 spiro atoms. The number of carbonyl (C=O) groups excluding carboxylic acids is 1. The third-order valence-electron chi connectivity index (χ3n) is 6.68. The number of amides is 2. The first-order valence-corrected chi connectivity index (χ1v) is 13.4. The van der Waals surface area contributed by atoms with Gasteiger partial charge in [-0.1, -0.05) is 24.3 Å². The Hall–Kier alpha value is -3.48. The number of benzene rings is 2. The van der Waals surface area contributed by atoms with Crippen LogP contribution in [-0.4, -0.2) is 64.9 Å². The first-order chi connectivity index (χ1) is 17.7. The third kappa shape index (κ3) is 5.31. The molecule has 37 heavy (non-hydrogen) atoms. The number of sulfone groups is 1. The number of nitrogens with zero attached hydrogens (tertiary/aromatic N) is 2. The summed E-state index contributed by atoms with van der Waals surface area (Å²) < 4.78 is 57.0. The molecule has 9 nitrogen and oxygen atoms in total. The van der Waals surface area contributed by atoms with Gasteiger partial charge in [-0.3, -0.25) is 15.3 Å². The van der Waals surface area contributed by atoms with E-state index in [1.165, 1.54) is 6.07 Å². The van der Waals surface area contributed by atoms with Crippen molar-refractivity contribution in [3.8, 4) is 0 Å². The van der Waals surface area contributed by atoms with Crippen molar-refractivity contribution in [3.63, 3.8) is 0 Å². The number of hydrazine groups is 1. The first kappa shape index (κ1) is 25.2. The Morgan fingerprint density at radius 3 is 2.59 bits per heavy atom. The van der Waals surface area contributed by atoms with Crippen LogP contribution < -0.4 is 21.1 Å². The lowest BCUT2D eigenvalue weighted by molar-refractivity contribution is 0.159. The van der Waals surface area contributed by atoms with E-state index in [0.29, 0.717) is 43.1 Å². The molecule has 3 aliphatic heterocycles. The summed E-state index contributed by atoms with van der Waals surface area (Å²) in [5.74, 6) is -2.16. The number of fused-ring (bicyclic) bond motifs is 1. The number of ether oxygens (including phenoxy) is 1. The molecule has 3 aliphatic rings. The van der Waals surface area contributed by atoms with Crippen molar-refractivity contribution in [1.29, 1.82) is 0 Å². The van der Waals surface area contributed by atoms with Crippen molar-refractivity contribution in [2.75, 3.05) is 38.4 Å². The number of likely N-dealkylation sites (tertiary alicyclic amines) is 1. The van der Waals surface area contributed by atoms with Gasteiger partial charge in [0.1, 0.15) is 0 Å². The second-order valence-electron chi connectivity index (χ2n) is 9.17. The average Bonchev–Trinajstić information content (AvgIpc) is 3.50. The molecule has 2 saturated heterocycles. The van der Waals surface area contributed by atoms with E-state index in [2.05, 4.69) is 21.0 Å². The zero-order valence-corrected chi connectivity index (χ0v) is 20.8. The number of methoxy groups -OCH3 is 1. The highest BCUT2D eigenvalue weighted by Gasteiger charge is 2.41. The van der Waals surface area contributed by atoms with Gasteiger partial charge < -0.3 is 15.4 Å². The van der Waals surface area contributed by atoms with Gasteiger partial charge in [-0.05, 0) is 29.8 Å². The Labute approximate surface area is 213 Å². The minimum atomic E-state index is -3.54. The van der Waals surface area contributed by atoms with Crippen molar-refractivity contribution < 1.29 is 26.7 Å². The maximum atomic E-state index is 14.0. The number of carbonyl (C=O) groups is 1. The number of halogens is 2. The topological polar surface area (TPSA) is 103 Å². The number of urea groups is 1. The minimum absolute atomic E-state index is 0.286. The highest BCUT2D eigenvalue weighted by Crippen LogP contribution is 2.33. The number of anilines is 1. The van der Waals surface area contributed by atoms with E-state index in [0.717, 1.165) is 28.6 Å². The van der Waals surface area contributed by atoms with E-state index in [1.807, 2.05) is 30.3 Å². The number of rotatable bonds is 7. The van der Waals surface area contributed by atoms with E-state index in [1.54, 1.807) is 12.1 Å². The van der Waals surface area contributed by atoms with Gasteiger partial charge in [-0.15, -0.1) is 0 Å². The lowest BCUT2D eigenvalue weighted by atomic mass is 9.94. The fraction of sp³-hybridized carbons (Fsp3) is 0.320. The Morgan fingerprint density at radius 2 is 1.86 bits per heavy atom. The van der Waals surface area contributed by atoms with Gasteiger partial charge in [-0.2, -0.15) is 0 Å². The van der Waals surface area contributed by atoms with Gasteiger partial charge in [0.25, 0.3) is 0 Å². The molecule has 2 amide bonds. The summed E-state index contributed by atoms with van der Waals surface area (Å²) in [6, 6.07) is 12.0. The van der Waals surface area contributed by atoms with Gasteiger partial charge in [0.05, 0.1) is 29.4 Å². The molecular formula is C25H27F2N5O4S. The van der Waals surface area contributed by atoms with E-state index in [9.17, 15) is 22.0 Å². The molecular weight excluding hydrogens is 504 g/mol. The van der Waals surface area contributed by atoms with Crippen molar-refractivity contribution in [2.24, 2.45) is 0 Å². The van der Waals surface area contributed by atoms with Crippen molar-refractivity contribution in [1.82, 2.24) is 21.0 Å². The second kappa shape index (κ2) is 10.1. The molecule has 5 rings (SSSR count). The highest BCUT2D eigenvalue weighted by atomic mass is 32.2. The molecule has 3 heterocycles. The Balaban J connectivity index is 1.36. The summed E-state index contributed by atoms with van der Waals surface area (Å²) >= 11 is 0. The standard InChI is InChI=1S/C25H27F2N5O4S/c1-36-10-9-31-12-18(16-7-8-20(26)21(27)11-16)22(13-31)28-25(33)29-24-19-14-37(34,35)15-23(19)30-32(24)17-5-3-2-4-6-17/h2-8,11,14-15,18,22,24,30H,9-10,12-13H2,1H3,(H2,28,29,33)/t18-,22+,24?/m0/s1. The molecule has 0 saturated carbocycles. The number of para-hydroxylation sites is 1. The van der Waals surface area contributed by atoms with Gasteiger partial charge in [0, 0.05) is 43.6 Å². The molecule has 3 atom stereocenters. The van der Waals surface area contributed by atoms with Crippen LogP contribution in [0.4, 0.5) is 19.3 Å². The Bertz CT molecular complexity index is 1350. The molecule has 0 aliphatic carbocycles. The van der Waals surface area contributed by atoms with Gasteiger partial charge in [0.15, 0.2) is 27.6 Å². The predicted molar refractivity (Wildman–Crippen MR) is 134 cm³/mol. The predicted octanol–water partition coefficient (Wildman–Crippen LogP) is 2.18. The number of hydrogen-bond donors (Lipinski definition) is 3. The van der Waals surface area contributed by atoms with E-state index >= 15 is 0 Å². The van der Waals surface area contributed by atoms with Gasteiger partial charge >= 0.3 is 6.03 Å². The maximum Gasteiger partial charge on any atom is 0.317 e. The summed E-state index contributed by atoms with van der Waals surface area (Å²) in [6.45, 7) is 2.11. The maximum absolute atomic E-state index is 14.0. The van der Waals surface area contributed by atoms with Crippen LogP contribution in [0.25, 0.3) is 0 Å². The lowest BCUT2D eigenvalue weighted by Crippen LogP contribution is -2.54. The normalized spacial score (nSPS) is 24.3. The summed E-state index contributed by atoms with van der Waals surface area (Å²) in [5.41, 5.74) is 5.17. The SMILES string of the molecule is COCCN1C[C@@H](NC(=O)NC2C3=CS(=O)(=O)C=C3NN2c2ccccc2)[C@H](c2ccc(F)c(F)c2)C1. The zero-order valence-electron chi connectivity index (χ0n) is 20.0. The lowest BCUT2D eigenvalue weighted by Gasteiger charge is -2.28. The average molecular weight is 532 g/mol. The molecule has 0 aromatic heterocycles. The smallest absolute Gasteiger partial charge is 0.317 e. The Morgan fingerprint density at radius 1 is 1.08 bits per heavy atom. The second-order valence-corrected chi connectivity index (χ2v) is 10.8. The summed E-state index contributed by atoms with van der Waals surface area (Å²) in [6.07, 6.45) is -0.793. The fourth-order valence-corrected chi connectivity index (χ4v) is 6.13. The van der Waals surface area contributed by atoms with Crippen LogP contribution in [0, 0.1) is 11.6 Å². The van der Waals surface area contributed by atoms with Gasteiger partial charge in [0.2, 0.25) is 0 Å². The summed E-state index contributed by atoms with van der Waals surface area (Å²) in [5, 5.41) is 9.78.